The molecule has 0 bridgehead atoms. The standard InChI is InChI=1S/C13H21FN2O/c1-16(2)8-3-9-17-13-5-4-12(14)10-11(13)6-7-15/h4-5,10H,3,6-9,15H2,1-2H3. The molecule has 0 aliphatic heterocycles. The van der Waals surface area contributed by atoms with Gasteiger partial charge in [-0.25, -0.2) is 4.39 Å². The predicted octanol–water partition coefficient (Wildman–Crippen LogP) is 1.66. The normalized spacial score (nSPS) is 10.9. The van der Waals surface area contributed by atoms with Gasteiger partial charge in [0.15, 0.2) is 0 Å². The molecular weight excluding hydrogens is 219 g/mol. The van der Waals surface area contributed by atoms with Crippen molar-refractivity contribution in [2.24, 2.45) is 5.73 Å². The number of hydrogen-bond donors (Lipinski definition) is 1. The topological polar surface area (TPSA) is 38.5 Å². The van der Waals surface area contributed by atoms with E-state index in [9.17, 15) is 4.39 Å². The van der Waals surface area contributed by atoms with Crippen LogP contribution in [0.25, 0.3) is 0 Å². The minimum absolute atomic E-state index is 0.242. The maximum Gasteiger partial charge on any atom is 0.123 e. The molecule has 0 spiro atoms. The maximum absolute atomic E-state index is 13.1. The van der Waals surface area contributed by atoms with E-state index in [1.54, 1.807) is 6.07 Å². The van der Waals surface area contributed by atoms with Crippen molar-refractivity contribution in [2.75, 3.05) is 33.8 Å². The van der Waals surface area contributed by atoms with Gasteiger partial charge in [0.25, 0.3) is 0 Å². The number of hydrogen-bond acceptors (Lipinski definition) is 3. The van der Waals surface area contributed by atoms with Crippen molar-refractivity contribution >= 4 is 0 Å². The molecule has 0 amide bonds. The SMILES string of the molecule is CN(C)CCCOc1ccc(F)cc1CCN. The van der Waals surface area contributed by atoms with Gasteiger partial charge in [0.05, 0.1) is 6.61 Å². The van der Waals surface area contributed by atoms with Gasteiger partial charge in [0.2, 0.25) is 0 Å². The Labute approximate surface area is 102 Å². The largest absolute Gasteiger partial charge is 0.493 e. The Bertz CT molecular complexity index is 342. The minimum atomic E-state index is -0.242. The molecule has 3 nitrogen and oxygen atoms in total. The van der Waals surface area contributed by atoms with Crippen LogP contribution in [-0.4, -0.2) is 38.7 Å². The van der Waals surface area contributed by atoms with Gasteiger partial charge in [-0.3, -0.25) is 0 Å². The van der Waals surface area contributed by atoms with Gasteiger partial charge in [-0.05, 0) is 57.2 Å². The highest BCUT2D eigenvalue weighted by molar-refractivity contribution is 5.34. The molecule has 0 aliphatic rings. The Hall–Kier alpha value is -1.13. The number of halogens is 1. The van der Waals surface area contributed by atoms with Crippen LogP contribution in [0.3, 0.4) is 0 Å². The Kier molecular flexibility index (Phi) is 5.94. The second-order valence-electron chi connectivity index (χ2n) is 4.30. The average molecular weight is 240 g/mol. The molecule has 0 radical (unpaired) electrons. The van der Waals surface area contributed by atoms with Crippen LogP contribution in [-0.2, 0) is 6.42 Å². The Balaban J connectivity index is 2.51. The number of nitrogens with zero attached hydrogens (tertiary/aromatic N) is 1. The van der Waals surface area contributed by atoms with Crippen LogP contribution in [0.5, 0.6) is 5.75 Å². The average Bonchev–Trinajstić information content (AvgIpc) is 2.27. The van der Waals surface area contributed by atoms with Crippen LogP contribution >= 0.6 is 0 Å². The Morgan fingerprint density at radius 3 is 2.76 bits per heavy atom. The predicted molar refractivity (Wildman–Crippen MR) is 67.8 cm³/mol. The van der Waals surface area contributed by atoms with E-state index in [1.807, 2.05) is 14.1 Å². The van der Waals surface area contributed by atoms with Gasteiger partial charge in [-0.2, -0.15) is 0 Å². The van der Waals surface area contributed by atoms with Crippen molar-refractivity contribution in [2.45, 2.75) is 12.8 Å². The first kappa shape index (κ1) is 13.9. The first-order valence-electron chi connectivity index (χ1n) is 5.89. The first-order chi connectivity index (χ1) is 8.13. The van der Waals surface area contributed by atoms with Crippen molar-refractivity contribution in [3.63, 3.8) is 0 Å². The summed E-state index contributed by atoms with van der Waals surface area (Å²) >= 11 is 0. The van der Waals surface area contributed by atoms with Gasteiger partial charge >= 0.3 is 0 Å². The zero-order chi connectivity index (χ0) is 12.7. The number of rotatable bonds is 7. The van der Waals surface area contributed by atoms with Crippen LogP contribution in [0.2, 0.25) is 0 Å². The molecule has 0 saturated heterocycles. The van der Waals surface area contributed by atoms with E-state index in [0.29, 0.717) is 19.6 Å². The third-order valence-electron chi connectivity index (χ3n) is 2.44. The second kappa shape index (κ2) is 7.25. The molecule has 0 fully saturated rings. The first-order valence-corrected chi connectivity index (χ1v) is 5.89. The Morgan fingerprint density at radius 2 is 2.12 bits per heavy atom. The quantitative estimate of drug-likeness (QED) is 0.737. The van der Waals surface area contributed by atoms with Gasteiger partial charge in [0, 0.05) is 6.54 Å². The lowest BCUT2D eigenvalue weighted by Gasteiger charge is -2.13. The van der Waals surface area contributed by atoms with Gasteiger partial charge in [-0.1, -0.05) is 0 Å². The smallest absolute Gasteiger partial charge is 0.123 e. The molecular formula is C13H21FN2O. The van der Waals surface area contributed by atoms with Gasteiger partial charge < -0.3 is 15.4 Å². The maximum atomic E-state index is 13.1. The fourth-order valence-corrected chi connectivity index (χ4v) is 1.60. The van der Waals surface area contributed by atoms with Crippen LogP contribution in [0.4, 0.5) is 4.39 Å². The lowest BCUT2D eigenvalue weighted by Crippen LogP contribution is -2.16. The summed E-state index contributed by atoms with van der Waals surface area (Å²) in [4.78, 5) is 2.11. The zero-order valence-electron chi connectivity index (χ0n) is 10.6. The molecule has 1 aromatic rings. The van der Waals surface area contributed by atoms with Gasteiger partial charge in [0.1, 0.15) is 11.6 Å². The highest BCUT2D eigenvalue weighted by atomic mass is 19.1. The number of nitrogens with two attached hydrogens (primary N) is 1. The summed E-state index contributed by atoms with van der Waals surface area (Å²) in [5.74, 6) is 0.504. The van der Waals surface area contributed by atoms with Gasteiger partial charge in [-0.15, -0.1) is 0 Å². The summed E-state index contributed by atoms with van der Waals surface area (Å²) in [5.41, 5.74) is 6.33. The fourth-order valence-electron chi connectivity index (χ4n) is 1.60. The van der Waals surface area contributed by atoms with Crippen LogP contribution in [0, 0.1) is 5.82 Å². The molecule has 0 aromatic heterocycles. The molecule has 17 heavy (non-hydrogen) atoms. The van der Waals surface area contributed by atoms with Crippen molar-refractivity contribution in [3.05, 3.63) is 29.6 Å². The summed E-state index contributed by atoms with van der Waals surface area (Å²) in [6, 6.07) is 4.59. The van der Waals surface area contributed by atoms with Crippen molar-refractivity contribution in [3.8, 4) is 5.75 Å². The molecule has 0 unspecified atom stereocenters. The summed E-state index contributed by atoms with van der Waals surface area (Å²) in [7, 11) is 4.05. The zero-order valence-corrected chi connectivity index (χ0v) is 10.6. The van der Waals surface area contributed by atoms with E-state index >= 15 is 0 Å². The lowest BCUT2D eigenvalue weighted by atomic mass is 10.1. The number of benzene rings is 1. The summed E-state index contributed by atoms with van der Waals surface area (Å²) in [6.45, 7) is 2.12. The summed E-state index contributed by atoms with van der Waals surface area (Å²) in [5, 5.41) is 0. The van der Waals surface area contributed by atoms with E-state index in [0.717, 1.165) is 24.3 Å². The Morgan fingerprint density at radius 1 is 1.35 bits per heavy atom. The molecule has 1 rings (SSSR count). The summed E-state index contributed by atoms with van der Waals surface area (Å²) in [6.07, 6.45) is 1.59. The van der Waals surface area contributed by atoms with Crippen LogP contribution < -0.4 is 10.5 Å². The fraction of sp³-hybridized carbons (Fsp3) is 0.538. The van der Waals surface area contributed by atoms with E-state index < -0.39 is 0 Å². The molecule has 0 atom stereocenters. The third-order valence-corrected chi connectivity index (χ3v) is 2.44. The highest BCUT2D eigenvalue weighted by Gasteiger charge is 2.04. The van der Waals surface area contributed by atoms with Crippen molar-refractivity contribution < 1.29 is 9.13 Å². The summed E-state index contributed by atoms with van der Waals surface area (Å²) < 4.78 is 18.7. The molecule has 1 aromatic carbocycles. The number of ether oxygens (including phenoxy) is 1. The highest BCUT2D eigenvalue weighted by Crippen LogP contribution is 2.20. The molecule has 0 aliphatic carbocycles. The van der Waals surface area contributed by atoms with E-state index in [4.69, 9.17) is 10.5 Å². The monoisotopic (exact) mass is 240 g/mol. The molecule has 96 valence electrons. The van der Waals surface area contributed by atoms with Crippen LogP contribution in [0.1, 0.15) is 12.0 Å². The third kappa shape index (κ3) is 5.15. The molecule has 0 saturated carbocycles. The molecule has 2 N–H and O–H groups in total. The molecule has 0 heterocycles. The van der Waals surface area contributed by atoms with E-state index in [1.165, 1.54) is 12.1 Å². The van der Waals surface area contributed by atoms with Crippen LogP contribution in [0.15, 0.2) is 18.2 Å². The van der Waals surface area contributed by atoms with Crippen molar-refractivity contribution in [1.29, 1.82) is 0 Å². The minimum Gasteiger partial charge on any atom is -0.493 e. The molecule has 4 heteroatoms. The second-order valence-corrected chi connectivity index (χ2v) is 4.30. The van der Waals surface area contributed by atoms with E-state index in [2.05, 4.69) is 4.90 Å². The van der Waals surface area contributed by atoms with Crippen molar-refractivity contribution in [1.82, 2.24) is 4.90 Å². The van der Waals surface area contributed by atoms with E-state index in [-0.39, 0.29) is 5.82 Å². The lowest BCUT2D eigenvalue weighted by molar-refractivity contribution is 0.279.